The van der Waals surface area contributed by atoms with Gasteiger partial charge in [-0.2, -0.15) is 5.10 Å². The highest BCUT2D eigenvalue weighted by Gasteiger charge is 2.23. The number of amides is 1. The van der Waals surface area contributed by atoms with Crippen LogP contribution in [0.5, 0.6) is 0 Å². The Labute approximate surface area is 135 Å². The smallest absolute Gasteiger partial charge is 0.274 e. The summed E-state index contributed by atoms with van der Waals surface area (Å²) in [5, 5.41) is 6.84. The molecule has 0 bridgehead atoms. The zero-order valence-corrected chi connectivity index (χ0v) is 13.3. The molecule has 1 aromatic carbocycles. The van der Waals surface area contributed by atoms with Crippen LogP contribution in [0.2, 0.25) is 0 Å². The highest BCUT2D eigenvalue weighted by molar-refractivity contribution is 5.92. The largest absolute Gasteiger partial charge is 0.335 e. The normalized spacial score (nSPS) is 15.8. The summed E-state index contributed by atoms with van der Waals surface area (Å²) < 4.78 is 12.9. The molecule has 3 rings (SSSR count). The highest BCUT2D eigenvalue weighted by atomic mass is 19.1. The summed E-state index contributed by atoms with van der Waals surface area (Å²) in [6, 6.07) is 8.43. The third-order valence-corrected chi connectivity index (χ3v) is 4.21. The van der Waals surface area contributed by atoms with Crippen molar-refractivity contribution < 1.29 is 9.18 Å². The second-order valence-corrected chi connectivity index (χ2v) is 5.95. The molecule has 122 valence electrons. The van der Waals surface area contributed by atoms with E-state index in [1.54, 1.807) is 6.07 Å². The quantitative estimate of drug-likeness (QED) is 0.937. The van der Waals surface area contributed by atoms with Gasteiger partial charge in [-0.3, -0.25) is 14.8 Å². The summed E-state index contributed by atoms with van der Waals surface area (Å²) in [4.78, 5) is 16.5. The molecule has 1 aromatic heterocycles. The Kier molecular flexibility index (Phi) is 4.71. The predicted molar refractivity (Wildman–Crippen MR) is 85.8 cm³/mol. The van der Waals surface area contributed by atoms with E-state index < -0.39 is 0 Å². The van der Waals surface area contributed by atoms with E-state index >= 15 is 0 Å². The number of hydrogen-bond acceptors (Lipinski definition) is 3. The molecule has 0 spiro atoms. The Hall–Kier alpha value is -2.21. The molecule has 5 nitrogen and oxygen atoms in total. The first-order valence-corrected chi connectivity index (χ1v) is 7.90. The van der Waals surface area contributed by atoms with Crippen LogP contribution >= 0.6 is 0 Å². The van der Waals surface area contributed by atoms with E-state index in [9.17, 15) is 9.18 Å². The number of nitrogens with one attached hydrogen (secondary N) is 1. The fourth-order valence-electron chi connectivity index (χ4n) is 2.80. The molecule has 1 saturated heterocycles. The first kappa shape index (κ1) is 15.7. The van der Waals surface area contributed by atoms with Crippen molar-refractivity contribution in [3.63, 3.8) is 0 Å². The maximum atomic E-state index is 12.9. The molecule has 6 heteroatoms. The first-order chi connectivity index (χ1) is 11.1. The lowest BCUT2D eigenvalue weighted by atomic mass is 10.1. The van der Waals surface area contributed by atoms with Gasteiger partial charge in [-0.05, 0) is 37.1 Å². The summed E-state index contributed by atoms with van der Waals surface area (Å²) >= 11 is 0. The third-order valence-electron chi connectivity index (χ3n) is 4.21. The molecule has 0 radical (unpaired) electrons. The standard InChI is InChI=1S/C17H21FN4O/c1-13-12-16(20-19-13)17(23)22-10-8-21(9-11-22)7-6-14-2-4-15(18)5-3-14/h2-5,12H,6-11H2,1H3,(H,19,20). The number of carbonyl (C=O) groups is 1. The fraction of sp³-hybridized carbons (Fsp3) is 0.412. The predicted octanol–water partition coefficient (Wildman–Crippen LogP) is 1.86. The number of halogens is 1. The van der Waals surface area contributed by atoms with Gasteiger partial charge in [-0.25, -0.2) is 4.39 Å². The van der Waals surface area contributed by atoms with Crippen LogP contribution in [0.15, 0.2) is 30.3 Å². The zero-order chi connectivity index (χ0) is 16.2. The topological polar surface area (TPSA) is 52.2 Å². The number of hydrogen-bond donors (Lipinski definition) is 1. The van der Waals surface area contributed by atoms with Gasteiger partial charge in [0.2, 0.25) is 0 Å². The van der Waals surface area contributed by atoms with Crippen LogP contribution in [0.3, 0.4) is 0 Å². The molecule has 1 fully saturated rings. The number of piperazine rings is 1. The van der Waals surface area contributed by atoms with Gasteiger partial charge in [-0.1, -0.05) is 12.1 Å². The molecule has 0 unspecified atom stereocenters. The number of rotatable bonds is 4. The van der Waals surface area contributed by atoms with Crippen LogP contribution in [-0.2, 0) is 6.42 Å². The second-order valence-electron chi connectivity index (χ2n) is 5.95. The van der Waals surface area contributed by atoms with E-state index in [1.807, 2.05) is 24.0 Å². The molecular formula is C17H21FN4O. The monoisotopic (exact) mass is 316 g/mol. The molecule has 1 amide bonds. The number of carbonyl (C=O) groups excluding carboxylic acids is 1. The Morgan fingerprint density at radius 2 is 1.91 bits per heavy atom. The molecule has 23 heavy (non-hydrogen) atoms. The molecule has 1 aliphatic rings. The maximum absolute atomic E-state index is 12.9. The zero-order valence-electron chi connectivity index (χ0n) is 13.3. The van der Waals surface area contributed by atoms with Crippen molar-refractivity contribution in [2.45, 2.75) is 13.3 Å². The highest BCUT2D eigenvalue weighted by Crippen LogP contribution is 2.10. The number of H-pyrrole nitrogens is 1. The summed E-state index contributed by atoms with van der Waals surface area (Å²) in [6.45, 7) is 5.96. The Balaban J connectivity index is 1.46. The van der Waals surface area contributed by atoms with Crippen LogP contribution in [0, 0.1) is 12.7 Å². The van der Waals surface area contributed by atoms with Crippen LogP contribution < -0.4 is 0 Å². The molecular weight excluding hydrogens is 295 g/mol. The van der Waals surface area contributed by atoms with Crippen LogP contribution in [0.25, 0.3) is 0 Å². The Morgan fingerprint density at radius 3 is 2.52 bits per heavy atom. The van der Waals surface area contributed by atoms with E-state index in [2.05, 4.69) is 15.1 Å². The molecule has 1 aliphatic heterocycles. The van der Waals surface area contributed by atoms with Gasteiger partial charge in [0.25, 0.3) is 5.91 Å². The van der Waals surface area contributed by atoms with Crippen LogP contribution in [-0.4, -0.2) is 58.6 Å². The van der Waals surface area contributed by atoms with Crippen molar-refractivity contribution in [1.29, 1.82) is 0 Å². The lowest BCUT2D eigenvalue weighted by Gasteiger charge is -2.34. The van der Waals surface area contributed by atoms with Crippen molar-refractivity contribution in [3.05, 3.63) is 53.1 Å². The minimum absolute atomic E-state index is 0.00691. The van der Waals surface area contributed by atoms with Crippen molar-refractivity contribution in [2.24, 2.45) is 0 Å². The van der Waals surface area contributed by atoms with Crippen molar-refractivity contribution >= 4 is 5.91 Å². The molecule has 1 N–H and O–H groups in total. The van der Waals surface area contributed by atoms with Gasteiger partial charge in [-0.15, -0.1) is 0 Å². The lowest BCUT2D eigenvalue weighted by molar-refractivity contribution is 0.0632. The van der Waals surface area contributed by atoms with E-state index in [1.165, 1.54) is 12.1 Å². The Bertz CT molecular complexity index is 659. The SMILES string of the molecule is Cc1cc(C(=O)N2CCN(CCc3ccc(F)cc3)CC2)n[nH]1. The van der Waals surface area contributed by atoms with Gasteiger partial charge >= 0.3 is 0 Å². The average Bonchev–Trinajstić information content (AvgIpc) is 3.01. The summed E-state index contributed by atoms with van der Waals surface area (Å²) in [6.07, 6.45) is 0.896. The third kappa shape index (κ3) is 3.96. The molecule has 0 saturated carbocycles. The van der Waals surface area contributed by atoms with E-state index in [4.69, 9.17) is 0 Å². The summed E-state index contributed by atoms with van der Waals surface area (Å²) in [7, 11) is 0. The second kappa shape index (κ2) is 6.91. The molecule has 0 atom stereocenters. The average molecular weight is 316 g/mol. The first-order valence-electron chi connectivity index (χ1n) is 7.90. The number of aromatic nitrogens is 2. The van der Waals surface area contributed by atoms with Gasteiger partial charge in [0.05, 0.1) is 0 Å². The lowest BCUT2D eigenvalue weighted by Crippen LogP contribution is -2.49. The van der Waals surface area contributed by atoms with Gasteiger partial charge in [0, 0.05) is 38.4 Å². The number of aryl methyl sites for hydroxylation is 1. The number of nitrogens with zero attached hydrogens (tertiary/aromatic N) is 3. The van der Waals surface area contributed by atoms with E-state index in [0.29, 0.717) is 18.8 Å². The van der Waals surface area contributed by atoms with Gasteiger partial charge < -0.3 is 4.90 Å². The van der Waals surface area contributed by atoms with Gasteiger partial charge in [0.1, 0.15) is 11.5 Å². The van der Waals surface area contributed by atoms with E-state index in [0.717, 1.165) is 37.3 Å². The van der Waals surface area contributed by atoms with Crippen molar-refractivity contribution in [3.8, 4) is 0 Å². The van der Waals surface area contributed by atoms with Gasteiger partial charge in [0.15, 0.2) is 0 Å². The fourth-order valence-corrected chi connectivity index (χ4v) is 2.80. The van der Waals surface area contributed by atoms with Crippen molar-refractivity contribution in [1.82, 2.24) is 20.0 Å². The molecule has 2 heterocycles. The summed E-state index contributed by atoms with van der Waals surface area (Å²) in [5.74, 6) is -0.206. The number of benzene rings is 1. The van der Waals surface area contributed by atoms with Crippen LogP contribution in [0.1, 0.15) is 21.7 Å². The van der Waals surface area contributed by atoms with E-state index in [-0.39, 0.29) is 11.7 Å². The van der Waals surface area contributed by atoms with Crippen molar-refractivity contribution in [2.75, 3.05) is 32.7 Å². The summed E-state index contributed by atoms with van der Waals surface area (Å²) in [5.41, 5.74) is 2.52. The Morgan fingerprint density at radius 1 is 1.22 bits per heavy atom. The molecule has 0 aliphatic carbocycles. The maximum Gasteiger partial charge on any atom is 0.274 e. The van der Waals surface area contributed by atoms with Crippen LogP contribution in [0.4, 0.5) is 4.39 Å². The minimum atomic E-state index is -0.200. The minimum Gasteiger partial charge on any atom is -0.335 e. The number of aromatic amines is 1. The molecule has 2 aromatic rings.